The molecule has 18 heavy (non-hydrogen) atoms. The van der Waals surface area contributed by atoms with Crippen LogP contribution in [0.3, 0.4) is 0 Å². The van der Waals surface area contributed by atoms with E-state index in [1.807, 2.05) is 30.3 Å². The van der Waals surface area contributed by atoms with Crippen molar-refractivity contribution < 1.29 is 0 Å². The van der Waals surface area contributed by atoms with Crippen LogP contribution in [-0.2, 0) is 0 Å². The molecule has 0 aliphatic rings. The van der Waals surface area contributed by atoms with Crippen molar-refractivity contribution in [2.45, 2.75) is 0 Å². The van der Waals surface area contributed by atoms with Crippen LogP contribution in [0.4, 0.5) is 0 Å². The van der Waals surface area contributed by atoms with Gasteiger partial charge in [-0.05, 0) is 28.1 Å². The SMILES string of the molecule is Brc1sc(-c2ccccc2)nc1-c1ccncc1. The lowest BCUT2D eigenvalue weighted by Gasteiger charge is -1.96. The Balaban J connectivity index is 2.07. The Bertz CT molecular complexity index is 650. The fourth-order valence-electron chi connectivity index (χ4n) is 1.69. The molecular weight excluding hydrogens is 308 g/mol. The van der Waals surface area contributed by atoms with Gasteiger partial charge in [0.15, 0.2) is 0 Å². The molecule has 0 amide bonds. The van der Waals surface area contributed by atoms with Crippen LogP contribution in [0.15, 0.2) is 58.6 Å². The molecular formula is C14H9BrN2S. The molecule has 2 heterocycles. The van der Waals surface area contributed by atoms with Crippen LogP contribution in [0.25, 0.3) is 21.8 Å². The summed E-state index contributed by atoms with van der Waals surface area (Å²) in [6.07, 6.45) is 3.56. The van der Waals surface area contributed by atoms with Crippen LogP contribution in [0, 0.1) is 0 Å². The first-order valence-corrected chi connectivity index (χ1v) is 7.08. The zero-order valence-corrected chi connectivity index (χ0v) is 11.8. The van der Waals surface area contributed by atoms with E-state index in [9.17, 15) is 0 Å². The van der Waals surface area contributed by atoms with Crippen molar-refractivity contribution in [2.24, 2.45) is 0 Å². The number of aromatic nitrogens is 2. The smallest absolute Gasteiger partial charge is 0.125 e. The van der Waals surface area contributed by atoms with E-state index in [1.54, 1.807) is 23.7 Å². The number of benzene rings is 1. The number of hydrogen-bond acceptors (Lipinski definition) is 3. The van der Waals surface area contributed by atoms with E-state index < -0.39 is 0 Å². The van der Waals surface area contributed by atoms with Crippen LogP contribution in [0.1, 0.15) is 0 Å². The van der Waals surface area contributed by atoms with E-state index >= 15 is 0 Å². The quantitative estimate of drug-likeness (QED) is 0.688. The van der Waals surface area contributed by atoms with Gasteiger partial charge in [0, 0.05) is 23.5 Å². The highest BCUT2D eigenvalue weighted by atomic mass is 79.9. The summed E-state index contributed by atoms with van der Waals surface area (Å²) >= 11 is 5.23. The van der Waals surface area contributed by atoms with Crippen molar-refractivity contribution in [3.05, 3.63) is 58.6 Å². The second-order valence-electron chi connectivity index (χ2n) is 3.74. The van der Waals surface area contributed by atoms with E-state index in [1.165, 1.54) is 0 Å². The van der Waals surface area contributed by atoms with Crippen LogP contribution in [0.5, 0.6) is 0 Å². The van der Waals surface area contributed by atoms with Gasteiger partial charge < -0.3 is 0 Å². The molecule has 0 aliphatic heterocycles. The Morgan fingerprint density at radius 3 is 2.33 bits per heavy atom. The van der Waals surface area contributed by atoms with E-state index in [0.29, 0.717) is 0 Å². The monoisotopic (exact) mass is 316 g/mol. The first-order valence-electron chi connectivity index (χ1n) is 5.47. The van der Waals surface area contributed by atoms with Crippen molar-refractivity contribution in [1.29, 1.82) is 0 Å². The van der Waals surface area contributed by atoms with E-state index in [2.05, 4.69) is 33.0 Å². The van der Waals surface area contributed by atoms with Crippen LogP contribution < -0.4 is 0 Å². The normalized spacial score (nSPS) is 10.5. The number of halogens is 1. The maximum atomic E-state index is 4.69. The number of rotatable bonds is 2. The zero-order valence-electron chi connectivity index (χ0n) is 9.38. The second kappa shape index (κ2) is 5.00. The third kappa shape index (κ3) is 2.21. The summed E-state index contributed by atoms with van der Waals surface area (Å²) in [6, 6.07) is 14.1. The summed E-state index contributed by atoms with van der Waals surface area (Å²) in [7, 11) is 0. The molecule has 88 valence electrons. The van der Waals surface area contributed by atoms with Gasteiger partial charge in [-0.3, -0.25) is 4.98 Å². The Labute approximate surface area is 117 Å². The van der Waals surface area contributed by atoms with Crippen molar-refractivity contribution in [3.63, 3.8) is 0 Å². The van der Waals surface area contributed by atoms with Crippen LogP contribution in [0.2, 0.25) is 0 Å². The summed E-state index contributed by atoms with van der Waals surface area (Å²) in [5.41, 5.74) is 3.19. The van der Waals surface area contributed by atoms with Gasteiger partial charge in [0.25, 0.3) is 0 Å². The molecule has 0 unspecified atom stereocenters. The first kappa shape index (κ1) is 11.6. The average molecular weight is 317 g/mol. The van der Waals surface area contributed by atoms with Crippen molar-refractivity contribution in [2.75, 3.05) is 0 Å². The molecule has 0 N–H and O–H groups in total. The molecule has 4 heteroatoms. The summed E-state index contributed by atoms with van der Waals surface area (Å²) in [5.74, 6) is 0. The Morgan fingerprint density at radius 1 is 0.889 bits per heavy atom. The van der Waals surface area contributed by atoms with E-state index in [4.69, 9.17) is 4.98 Å². The third-order valence-corrected chi connectivity index (χ3v) is 4.31. The lowest BCUT2D eigenvalue weighted by Crippen LogP contribution is -1.80. The van der Waals surface area contributed by atoms with Gasteiger partial charge in [-0.2, -0.15) is 0 Å². The molecule has 0 fully saturated rings. The fourth-order valence-corrected chi connectivity index (χ4v) is 3.29. The summed E-state index contributed by atoms with van der Waals surface area (Å²) in [6.45, 7) is 0. The molecule has 2 nitrogen and oxygen atoms in total. The number of thiazole rings is 1. The van der Waals surface area contributed by atoms with E-state index in [0.717, 1.165) is 25.6 Å². The molecule has 2 aromatic heterocycles. The van der Waals surface area contributed by atoms with Gasteiger partial charge in [0.05, 0.1) is 9.48 Å². The largest absolute Gasteiger partial charge is 0.265 e. The molecule has 0 radical (unpaired) electrons. The molecule has 0 spiro atoms. The maximum absolute atomic E-state index is 4.69. The first-order chi connectivity index (χ1) is 8.84. The van der Waals surface area contributed by atoms with Crippen LogP contribution >= 0.6 is 27.3 Å². The van der Waals surface area contributed by atoms with E-state index in [-0.39, 0.29) is 0 Å². The van der Waals surface area contributed by atoms with Gasteiger partial charge in [0.2, 0.25) is 0 Å². The minimum Gasteiger partial charge on any atom is -0.265 e. The fraction of sp³-hybridized carbons (Fsp3) is 0. The highest BCUT2D eigenvalue weighted by molar-refractivity contribution is 9.11. The average Bonchev–Trinajstić information content (AvgIpc) is 2.83. The lowest BCUT2D eigenvalue weighted by molar-refractivity contribution is 1.31. The van der Waals surface area contributed by atoms with Gasteiger partial charge >= 0.3 is 0 Å². The molecule has 0 atom stereocenters. The topological polar surface area (TPSA) is 25.8 Å². The summed E-state index contributed by atoms with van der Waals surface area (Å²) in [4.78, 5) is 8.72. The standard InChI is InChI=1S/C14H9BrN2S/c15-13-12(10-6-8-16-9-7-10)17-14(18-13)11-4-2-1-3-5-11/h1-9H. The highest BCUT2D eigenvalue weighted by Gasteiger charge is 2.11. The Morgan fingerprint density at radius 2 is 1.61 bits per heavy atom. The second-order valence-corrected chi connectivity index (χ2v) is 6.06. The minimum absolute atomic E-state index is 0.973. The molecule has 3 rings (SSSR count). The summed E-state index contributed by atoms with van der Waals surface area (Å²) < 4.78 is 1.05. The molecule has 0 bridgehead atoms. The third-order valence-electron chi connectivity index (χ3n) is 2.56. The number of pyridine rings is 1. The Kier molecular flexibility index (Phi) is 3.21. The van der Waals surface area contributed by atoms with Crippen LogP contribution in [-0.4, -0.2) is 9.97 Å². The van der Waals surface area contributed by atoms with Gasteiger partial charge in [0.1, 0.15) is 5.01 Å². The van der Waals surface area contributed by atoms with Crippen molar-refractivity contribution in [3.8, 4) is 21.8 Å². The Hall–Kier alpha value is -1.52. The van der Waals surface area contributed by atoms with Gasteiger partial charge in [-0.15, -0.1) is 11.3 Å². The van der Waals surface area contributed by atoms with Crippen molar-refractivity contribution in [1.82, 2.24) is 9.97 Å². The minimum atomic E-state index is 0.973. The highest BCUT2D eigenvalue weighted by Crippen LogP contribution is 2.37. The van der Waals surface area contributed by atoms with Crippen molar-refractivity contribution >= 4 is 27.3 Å². The molecule has 0 saturated heterocycles. The predicted octanol–water partition coefficient (Wildman–Crippen LogP) is 4.63. The molecule has 0 aliphatic carbocycles. The zero-order chi connectivity index (χ0) is 12.4. The summed E-state index contributed by atoms with van der Waals surface area (Å²) in [5, 5.41) is 1.02. The maximum Gasteiger partial charge on any atom is 0.125 e. The number of hydrogen-bond donors (Lipinski definition) is 0. The molecule has 1 aromatic carbocycles. The van der Waals surface area contributed by atoms with Gasteiger partial charge in [-0.25, -0.2) is 4.98 Å². The molecule has 3 aromatic rings. The predicted molar refractivity (Wildman–Crippen MR) is 78.5 cm³/mol. The lowest BCUT2D eigenvalue weighted by atomic mass is 10.2. The molecule has 0 saturated carbocycles. The number of nitrogens with zero attached hydrogens (tertiary/aromatic N) is 2. The van der Waals surface area contributed by atoms with Gasteiger partial charge in [-0.1, -0.05) is 30.3 Å².